The summed E-state index contributed by atoms with van der Waals surface area (Å²) >= 11 is 0. The second-order valence-electron chi connectivity index (χ2n) is 6.49. The second-order valence-corrected chi connectivity index (χ2v) is 6.49. The maximum Gasteiger partial charge on any atom is 0.0681 e. The predicted octanol–water partition coefficient (Wildman–Crippen LogP) is 4.81. The van der Waals surface area contributed by atoms with Gasteiger partial charge in [-0.1, -0.05) is 69.0 Å². The van der Waals surface area contributed by atoms with Crippen molar-refractivity contribution in [3.05, 3.63) is 77.4 Å². The zero-order valence-corrected chi connectivity index (χ0v) is 15.1. The summed E-state index contributed by atoms with van der Waals surface area (Å²) in [4.78, 5) is 0. The molecule has 0 fully saturated rings. The number of aliphatic hydroxyl groups excluding tert-OH is 1. The highest BCUT2D eigenvalue weighted by molar-refractivity contribution is 5.64. The van der Waals surface area contributed by atoms with E-state index < -0.39 is 0 Å². The summed E-state index contributed by atoms with van der Waals surface area (Å²) in [5.74, 6) is 0. The van der Waals surface area contributed by atoms with Crippen molar-refractivity contribution in [2.75, 3.05) is 6.54 Å². The molecule has 0 aliphatic heterocycles. The molecule has 0 aromatic heterocycles. The van der Waals surface area contributed by atoms with Crippen molar-refractivity contribution < 1.29 is 5.11 Å². The first-order chi connectivity index (χ1) is 11.6. The van der Waals surface area contributed by atoms with Crippen LogP contribution in [-0.4, -0.2) is 11.7 Å². The van der Waals surface area contributed by atoms with Crippen LogP contribution >= 0.6 is 0 Å². The Bertz CT molecular complexity index is 669. The van der Waals surface area contributed by atoms with Crippen molar-refractivity contribution in [1.29, 1.82) is 0 Å². The molecule has 0 saturated heterocycles. The molecule has 0 saturated carbocycles. The number of benzene rings is 2. The van der Waals surface area contributed by atoms with Crippen LogP contribution in [0.3, 0.4) is 0 Å². The number of aliphatic hydroxyl groups is 1. The number of hydrogen-bond acceptors (Lipinski definition) is 2. The van der Waals surface area contributed by atoms with E-state index >= 15 is 0 Å². The Balaban J connectivity index is 2.18. The van der Waals surface area contributed by atoms with Gasteiger partial charge in [0.25, 0.3) is 0 Å². The van der Waals surface area contributed by atoms with Crippen LogP contribution in [0.1, 0.15) is 48.9 Å². The molecule has 0 aliphatic rings. The SMILES string of the molecule is C=C(NCC(CC)(CC)c1ccc(CO)cc1)c1ccccc1C. The smallest absolute Gasteiger partial charge is 0.0681 e. The van der Waals surface area contributed by atoms with Gasteiger partial charge < -0.3 is 10.4 Å². The summed E-state index contributed by atoms with van der Waals surface area (Å²) in [6.45, 7) is 11.8. The van der Waals surface area contributed by atoms with E-state index in [-0.39, 0.29) is 12.0 Å². The van der Waals surface area contributed by atoms with Crippen LogP contribution in [0.4, 0.5) is 0 Å². The second kappa shape index (κ2) is 8.16. The summed E-state index contributed by atoms with van der Waals surface area (Å²) in [7, 11) is 0. The van der Waals surface area contributed by atoms with Gasteiger partial charge in [0, 0.05) is 17.7 Å². The Kier molecular flexibility index (Phi) is 6.22. The van der Waals surface area contributed by atoms with Crippen LogP contribution < -0.4 is 5.32 Å². The molecule has 2 heteroatoms. The minimum absolute atomic E-state index is 0.0691. The van der Waals surface area contributed by atoms with Gasteiger partial charge in [-0.15, -0.1) is 0 Å². The summed E-state index contributed by atoms with van der Waals surface area (Å²) in [6.07, 6.45) is 2.10. The average Bonchev–Trinajstić information content (AvgIpc) is 2.63. The highest BCUT2D eigenvalue weighted by Gasteiger charge is 2.28. The van der Waals surface area contributed by atoms with Crippen molar-refractivity contribution in [2.45, 2.75) is 45.6 Å². The molecule has 0 spiro atoms. The molecule has 2 N–H and O–H groups in total. The van der Waals surface area contributed by atoms with Crippen LogP contribution in [0.2, 0.25) is 0 Å². The van der Waals surface area contributed by atoms with Crippen molar-refractivity contribution in [3.8, 4) is 0 Å². The normalized spacial score (nSPS) is 11.3. The maximum atomic E-state index is 9.25. The third-order valence-electron chi connectivity index (χ3n) is 5.21. The molecule has 0 atom stereocenters. The molecule has 0 amide bonds. The lowest BCUT2D eigenvalue weighted by Crippen LogP contribution is -2.36. The monoisotopic (exact) mass is 323 g/mol. The van der Waals surface area contributed by atoms with Gasteiger partial charge in [-0.3, -0.25) is 0 Å². The first-order valence-corrected chi connectivity index (χ1v) is 8.75. The average molecular weight is 323 g/mol. The van der Waals surface area contributed by atoms with Gasteiger partial charge in [0.15, 0.2) is 0 Å². The molecule has 2 aromatic carbocycles. The Labute approximate surface area is 146 Å². The van der Waals surface area contributed by atoms with Gasteiger partial charge in [0.1, 0.15) is 0 Å². The van der Waals surface area contributed by atoms with Gasteiger partial charge in [-0.25, -0.2) is 0 Å². The van der Waals surface area contributed by atoms with E-state index in [0.717, 1.165) is 30.6 Å². The Morgan fingerprint density at radius 1 is 1.04 bits per heavy atom. The molecule has 0 radical (unpaired) electrons. The highest BCUT2D eigenvalue weighted by Crippen LogP contribution is 2.32. The third-order valence-corrected chi connectivity index (χ3v) is 5.21. The van der Waals surface area contributed by atoms with Crippen molar-refractivity contribution >= 4 is 5.70 Å². The van der Waals surface area contributed by atoms with Crippen molar-refractivity contribution in [3.63, 3.8) is 0 Å². The van der Waals surface area contributed by atoms with E-state index in [4.69, 9.17) is 0 Å². The Morgan fingerprint density at radius 2 is 1.67 bits per heavy atom. The quantitative estimate of drug-likeness (QED) is 0.731. The summed E-state index contributed by atoms with van der Waals surface area (Å²) in [5.41, 5.74) is 5.73. The van der Waals surface area contributed by atoms with Crippen molar-refractivity contribution in [2.24, 2.45) is 0 Å². The van der Waals surface area contributed by atoms with Crippen LogP contribution in [-0.2, 0) is 12.0 Å². The highest BCUT2D eigenvalue weighted by atomic mass is 16.3. The summed E-state index contributed by atoms with van der Waals surface area (Å²) < 4.78 is 0. The lowest BCUT2D eigenvalue weighted by atomic mass is 9.75. The fourth-order valence-corrected chi connectivity index (χ4v) is 3.26. The molecule has 24 heavy (non-hydrogen) atoms. The van der Waals surface area contributed by atoms with E-state index in [0.29, 0.717) is 0 Å². The number of hydrogen-bond donors (Lipinski definition) is 2. The zero-order chi connectivity index (χ0) is 17.6. The number of aryl methyl sites for hydroxylation is 1. The predicted molar refractivity (Wildman–Crippen MR) is 103 cm³/mol. The fraction of sp³-hybridized carbons (Fsp3) is 0.364. The van der Waals surface area contributed by atoms with Crippen LogP contribution in [0, 0.1) is 6.92 Å². The fourth-order valence-electron chi connectivity index (χ4n) is 3.26. The molecule has 2 nitrogen and oxygen atoms in total. The van der Waals surface area contributed by atoms with Crippen LogP contribution in [0.5, 0.6) is 0 Å². The van der Waals surface area contributed by atoms with Gasteiger partial charge in [-0.05, 0) is 42.0 Å². The topological polar surface area (TPSA) is 32.3 Å². The summed E-state index contributed by atoms with van der Waals surface area (Å²) in [5, 5.41) is 12.8. The molecule has 128 valence electrons. The van der Waals surface area contributed by atoms with E-state index in [9.17, 15) is 5.11 Å². The third kappa shape index (κ3) is 3.88. The van der Waals surface area contributed by atoms with Crippen LogP contribution in [0.25, 0.3) is 5.70 Å². The first kappa shape index (κ1) is 18.3. The largest absolute Gasteiger partial charge is 0.392 e. The van der Waals surface area contributed by atoms with E-state index in [1.54, 1.807) is 0 Å². The Morgan fingerprint density at radius 3 is 2.21 bits per heavy atom. The molecular weight excluding hydrogens is 294 g/mol. The summed E-state index contributed by atoms with van der Waals surface area (Å²) in [6, 6.07) is 16.7. The molecule has 0 bridgehead atoms. The van der Waals surface area contributed by atoms with Gasteiger partial charge in [0.2, 0.25) is 0 Å². The van der Waals surface area contributed by atoms with Crippen LogP contribution in [0.15, 0.2) is 55.1 Å². The van der Waals surface area contributed by atoms with Gasteiger partial charge >= 0.3 is 0 Å². The zero-order valence-electron chi connectivity index (χ0n) is 15.1. The molecule has 0 aliphatic carbocycles. The minimum atomic E-state index is 0.0691. The van der Waals surface area contributed by atoms with E-state index in [1.165, 1.54) is 16.7 Å². The number of nitrogens with one attached hydrogen (secondary N) is 1. The molecular formula is C22H29NO. The first-order valence-electron chi connectivity index (χ1n) is 8.75. The molecule has 0 heterocycles. The Hall–Kier alpha value is -2.06. The number of rotatable bonds is 8. The van der Waals surface area contributed by atoms with Gasteiger partial charge in [0.05, 0.1) is 6.61 Å². The van der Waals surface area contributed by atoms with Crippen molar-refractivity contribution in [1.82, 2.24) is 5.32 Å². The standard InChI is InChI=1S/C22H29NO/c1-5-22(6-2,20-13-11-19(15-24)12-14-20)16-23-18(4)21-10-8-7-9-17(21)3/h7-14,23-24H,4-6,15-16H2,1-3H3. The minimum Gasteiger partial charge on any atom is -0.392 e. The lowest BCUT2D eigenvalue weighted by Gasteiger charge is -2.33. The molecule has 0 unspecified atom stereocenters. The van der Waals surface area contributed by atoms with E-state index in [2.05, 4.69) is 69.1 Å². The molecule has 2 aromatic rings. The molecule has 2 rings (SSSR count). The van der Waals surface area contributed by atoms with E-state index in [1.807, 2.05) is 12.1 Å². The lowest BCUT2D eigenvalue weighted by molar-refractivity contribution is 0.281. The maximum absolute atomic E-state index is 9.25. The van der Waals surface area contributed by atoms with Gasteiger partial charge in [-0.2, -0.15) is 0 Å².